The molecule has 2 aromatic rings. The van der Waals surface area contributed by atoms with Crippen molar-refractivity contribution in [2.75, 3.05) is 11.1 Å². The first kappa shape index (κ1) is 8.54. The monoisotopic (exact) mass is 193 g/mol. The summed E-state index contributed by atoms with van der Waals surface area (Å²) in [5.74, 6) is 1.58. The van der Waals surface area contributed by atoms with E-state index in [4.69, 9.17) is 5.73 Å². The maximum absolute atomic E-state index is 5.38. The Hall–Kier alpha value is -2.05. The molecule has 5 N–H and O–H groups in total. The second-order valence-electron chi connectivity index (χ2n) is 2.88. The number of rotatable bonds is 3. The van der Waals surface area contributed by atoms with Crippen LogP contribution in [0.3, 0.4) is 0 Å². The quantitative estimate of drug-likeness (QED) is 0.560. The Kier molecular flexibility index (Phi) is 2.05. The largest absolute Gasteiger partial charge is 0.368 e. The molecule has 14 heavy (non-hydrogen) atoms. The van der Waals surface area contributed by atoms with E-state index in [-0.39, 0.29) is 6.04 Å². The predicted octanol–water partition coefficient (Wildman–Crippen LogP) is 0.283. The molecular weight excluding hydrogens is 182 g/mol. The minimum Gasteiger partial charge on any atom is -0.368 e. The zero-order valence-corrected chi connectivity index (χ0v) is 7.65. The highest BCUT2D eigenvalue weighted by molar-refractivity contribution is 5.31. The lowest BCUT2D eigenvalue weighted by atomic mass is 10.3. The molecule has 0 aliphatic heterocycles. The fraction of sp³-hybridized carbons (Fsp3) is 0.286. The molecule has 0 saturated heterocycles. The van der Waals surface area contributed by atoms with E-state index in [1.807, 2.05) is 6.92 Å². The second kappa shape index (κ2) is 3.36. The third kappa shape index (κ3) is 1.65. The molecule has 2 heterocycles. The van der Waals surface area contributed by atoms with Crippen LogP contribution in [0.15, 0.2) is 12.4 Å². The summed E-state index contributed by atoms with van der Waals surface area (Å²) in [5, 5.41) is 9.43. The van der Waals surface area contributed by atoms with Crippen molar-refractivity contribution in [3.63, 3.8) is 0 Å². The Morgan fingerprint density at radius 3 is 3.00 bits per heavy atom. The van der Waals surface area contributed by atoms with Gasteiger partial charge in [-0.3, -0.25) is 0 Å². The smallest absolute Gasteiger partial charge is 0.244 e. The number of imidazole rings is 1. The fourth-order valence-corrected chi connectivity index (χ4v) is 1.12. The molecule has 0 bridgehead atoms. The number of nitrogens with two attached hydrogens (primary N) is 1. The first-order valence-corrected chi connectivity index (χ1v) is 4.19. The molecule has 0 saturated carbocycles. The molecule has 0 amide bonds. The van der Waals surface area contributed by atoms with Crippen LogP contribution in [0.1, 0.15) is 18.8 Å². The lowest BCUT2D eigenvalue weighted by Crippen LogP contribution is -2.09. The van der Waals surface area contributed by atoms with Gasteiger partial charge in [0, 0.05) is 12.4 Å². The van der Waals surface area contributed by atoms with E-state index < -0.39 is 0 Å². The summed E-state index contributed by atoms with van der Waals surface area (Å²) < 4.78 is 0. The number of H-pyrrole nitrogens is 2. The SMILES string of the molecule is CC(Nc1n[nH]c(N)n1)c1ncc[nH]1. The zero-order chi connectivity index (χ0) is 9.97. The van der Waals surface area contributed by atoms with E-state index in [0.717, 1.165) is 5.82 Å². The van der Waals surface area contributed by atoms with Gasteiger partial charge in [0.25, 0.3) is 0 Å². The molecule has 0 aromatic carbocycles. The molecule has 2 aromatic heterocycles. The average molecular weight is 193 g/mol. The summed E-state index contributed by atoms with van der Waals surface area (Å²) in [6.45, 7) is 1.95. The van der Waals surface area contributed by atoms with Crippen LogP contribution in [0.25, 0.3) is 0 Å². The van der Waals surface area contributed by atoms with E-state index in [1.54, 1.807) is 12.4 Å². The van der Waals surface area contributed by atoms with Crippen LogP contribution < -0.4 is 11.1 Å². The highest BCUT2D eigenvalue weighted by atomic mass is 15.3. The predicted molar refractivity (Wildman–Crippen MR) is 51.4 cm³/mol. The van der Waals surface area contributed by atoms with Gasteiger partial charge < -0.3 is 16.0 Å². The third-order valence-electron chi connectivity index (χ3n) is 1.78. The first-order valence-electron chi connectivity index (χ1n) is 4.19. The first-order chi connectivity index (χ1) is 6.75. The Morgan fingerprint density at radius 2 is 2.43 bits per heavy atom. The number of hydrogen-bond acceptors (Lipinski definition) is 5. The van der Waals surface area contributed by atoms with Gasteiger partial charge in [0.2, 0.25) is 11.9 Å². The van der Waals surface area contributed by atoms with Crippen molar-refractivity contribution in [2.45, 2.75) is 13.0 Å². The van der Waals surface area contributed by atoms with Crippen molar-refractivity contribution in [1.29, 1.82) is 0 Å². The Labute approximate surface area is 80.2 Å². The van der Waals surface area contributed by atoms with Gasteiger partial charge in [-0.25, -0.2) is 10.1 Å². The van der Waals surface area contributed by atoms with Gasteiger partial charge in [-0.1, -0.05) is 0 Å². The number of aromatic amines is 2. The number of nitrogen functional groups attached to an aromatic ring is 1. The lowest BCUT2D eigenvalue weighted by molar-refractivity contribution is 0.796. The van der Waals surface area contributed by atoms with Crippen molar-refractivity contribution < 1.29 is 0 Å². The maximum Gasteiger partial charge on any atom is 0.244 e. The fourth-order valence-electron chi connectivity index (χ4n) is 1.12. The molecule has 74 valence electrons. The van der Waals surface area contributed by atoms with Crippen molar-refractivity contribution in [2.24, 2.45) is 0 Å². The summed E-state index contributed by atoms with van der Waals surface area (Å²) in [6, 6.07) is 0.0141. The summed E-state index contributed by atoms with van der Waals surface area (Å²) in [4.78, 5) is 11.0. The van der Waals surface area contributed by atoms with E-state index in [0.29, 0.717) is 11.9 Å². The lowest BCUT2D eigenvalue weighted by Gasteiger charge is -2.08. The molecule has 0 radical (unpaired) electrons. The van der Waals surface area contributed by atoms with E-state index in [1.165, 1.54) is 0 Å². The van der Waals surface area contributed by atoms with Crippen LogP contribution in [-0.2, 0) is 0 Å². The summed E-state index contributed by atoms with van der Waals surface area (Å²) in [7, 11) is 0. The molecule has 0 fully saturated rings. The maximum atomic E-state index is 5.38. The van der Waals surface area contributed by atoms with E-state index >= 15 is 0 Å². The van der Waals surface area contributed by atoms with E-state index in [2.05, 4.69) is 30.5 Å². The molecule has 0 aliphatic carbocycles. The van der Waals surface area contributed by atoms with Gasteiger partial charge >= 0.3 is 0 Å². The van der Waals surface area contributed by atoms with Crippen LogP contribution in [0.4, 0.5) is 11.9 Å². The van der Waals surface area contributed by atoms with Crippen LogP contribution in [0.5, 0.6) is 0 Å². The normalized spacial score (nSPS) is 12.6. The summed E-state index contributed by atoms with van der Waals surface area (Å²) in [6.07, 6.45) is 3.46. The molecule has 0 spiro atoms. The van der Waals surface area contributed by atoms with Gasteiger partial charge in [-0.2, -0.15) is 4.98 Å². The highest BCUT2D eigenvalue weighted by Crippen LogP contribution is 2.12. The van der Waals surface area contributed by atoms with Crippen LogP contribution in [0, 0.1) is 0 Å². The van der Waals surface area contributed by atoms with Crippen molar-refractivity contribution in [3.8, 4) is 0 Å². The van der Waals surface area contributed by atoms with Gasteiger partial charge in [0.1, 0.15) is 5.82 Å². The van der Waals surface area contributed by atoms with Crippen molar-refractivity contribution in [1.82, 2.24) is 25.1 Å². The van der Waals surface area contributed by atoms with Gasteiger partial charge in [-0.05, 0) is 6.92 Å². The van der Waals surface area contributed by atoms with Crippen LogP contribution in [0.2, 0.25) is 0 Å². The van der Waals surface area contributed by atoms with Crippen LogP contribution in [-0.4, -0.2) is 25.1 Å². The average Bonchev–Trinajstić information content (AvgIpc) is 2.75. The van der Waals surface area contributed by atoms with Crippen LogP contribution >= 0.6 is 0 Å². The molecule has 2 rings (SSSR count). The number of hydrogen-bond donors (Lipinski definition) is 4. The molecular formula is C7H11N7. The number of nitrogens with zero attached hydrogens (tertiary/aromatic N) is 3. The zero-order valence-electron chi connectivity index (χ0n) is 7.65. The van der Waals surface area contributed by atoms with Gasteiger partial charge in [0.15, 0.2) is 0 Å². The molecule has 0 aliphatic rings. The van der Waals surface area contributed by atoms with Gasteiger partial charge in [-0.15, -0.1) is 5.10 Å². The minimum absolute atomic E-state index is 0.0141. The number of nitrogens with one attached hydrogen (secondary N) is 3. The van der Waals surface area contributed by atoms with E-state index in [9.17, 15) is 0 Å². The number of aromatic nitrogens is 5. The summed E-state index contributed by atoms with van der Waals surface area (Å²) >= 11 is 0. The standard InChI is InChI=1S/C7H11N7/c1-4(5-9-2-3-10-5)11-7-12-6(8)13-14-7/h2-4H,1H3,(H,9,10)(H4,8,11,12,13,14). The molecule has 1 atom stereocenters. The Morgan fingerprint density at radius 1 is 1.57 bits per heavy atom. The highest BCUT2D eigenvalue weighted by Gasteiger charge is 2.09. The molecule has 7 heteroatoms. The Bertz CT molecular complexity index is 390. The van der Waals surface area contributed by atoms with Crippen molar-refractivity contribution in [3.05, 3.63) is 18.2 Å². The summed E-state index contributed by atoms with van der Waals surface area (Å²) in [5.41, 5.74) is 5.38. The van der Waals surface area contributed by atoms with Crippen molar-refractivity contribution >= 4 is 11.9 Å². The molecule has 1 unspecified atom stereocenters. The van der Waals surface area contributed by atoms with Gasteiger partial charge in [0.05, 0.1) is 6.04 Å². The topological polar surface area (TPSA) is 108 Å². The molecule has 7 nitrogen and oxygen atoms in total. The Balaban J connectivity index is 2.05. The third-order valence-corrected chi connectivity index (χ3v) is 1.78. The number of anilines is 2. The second-order valence-corrected chi connectivity index (χ2v) is 2.88. The minimum atomic E-state index is 0.0141.